The van der Waals surface area contributed by atoms with E-state index in [2.05, 4.69) is 31.2 Å². The first-order chi connectivity index (χ1) is 8.70. The van der Waals surface area contributed by atoms with Gasteiger partial charge in [-0.05, 0) is 25.3 Å². The zero-order chi connectivity index (χ0) is 12.5. The summed E-state index contributed by atoms with van der Waals surface area (Å²) in [5.41, 5.74) is 3.82. The molecular weight excluding hydrogens is 242 g/mol. The molecule has 1 unspecified atom stereocenters. The molecule has 2 nitrogen and oxygen atoms in total. The van der Waals surface area contributed by atoms with Gasteiger partial charge in [0, 0.05) is 17.7 Å². The van der Waals surface area contributed by atoms with Crippen LogP contribution >= 0.6 is 11.3 Å². The van der Waals surface area contributed by atoms with Crippen molar-refractivity contribution in [1.29, 1.82) is 0 Å². The lowest BCUT2D eigenvalue weighted by atomic mass is 10.0. The van der Waals surface area contributed by atoms with Crippen molar-refractivity contribution in [2.45, 2.75) is 38.7 Å². The second kappa shape index (κ2) is 4.82. The Bertz CT molecular complexity index is 544. The third-order valence-electron chi connectivity index (χ3n) is 3.43. The van der Waals surface area contributed by atoms with Gasteiger partial charge >= 0.3 is 0 Å². The predicted octanol–water partition coefficient (Wildman–Crippen LogP) is 2.89. The van der Waals surface area contributed by atoms with E-state index < -0.39 is 0 Å². The molecule has 1 aliphatic rings. The van der Waals surface area contributed by atoms with Crippen molar-refractivity contribution in [3.8, 4) is 0 Å². The van der Waals surface area contributed by atoms with E-state index >= 15 is 0 Å². The van der Waals surface area contributed by atoms with Gasteiger partial charge in [0.2, 0.25) is 0 Å². The van der Waals surface area contributed by atoms with Crippen LogP contribution in [0, 0.1) is 6.92 Å². The number of aliphatic hydroxyl groups is 1. The summed E-state index contributed by atoms with van der Waals surface area (Å²) in [5, 5.41) is 10.8. The topological polar surface area (TPSA) is 33.1 Å². The number of benzene rings is 1. The lowest BCUT2D eigenvalue weighted by Crippen LogP contribution is -2.17. The van der Waals surface area contributed by atoms with Gasteiger partial charge in [-0.2, -0.15) is 0 Å². The Morgan fingerprint density at radius 1 is 1.33 bits per heavy atom. The minimum Gasteiger partial charge on any atom is -0.393 e. The average molecular weight is 259 g/mol. The summed E-state index contributed by atoms with van der Waals surface area (Å²) in [5.74, 6) is 0. The van der Waals surface area contributed by atoms with Crippen molar-refractivity contribution in [3.63, 3.8) is 0 Å². The van der Waals surface area contributed by atoms with Crippen LogP contribution in [-0.4, -0.2) is 16.2 Å². The van der Waals surface area contributed by atoms with Crippen LogP contribution in [0.2, 0.25) is 0 Å². The fourth-order valence-corrected chi connectivity index (χ4v) is 3.59. The summed E-state index contributed by atoms with van der Waals surface area (Å²) in [6.45, 7) is 2.10. The van der Waals surface area contributed by atoms with Gasteiger partial charge in [0.1, 0.15) is 0 Å². The molecule has 0 saturated heterocycles. The van der Waals surface area contributed by atoms with Gasteiger partial charge < -0.3 is 5.11 Å². The summed E-state index contributed by atoms with van der Waals surface area (Å²) >= 11 is 1.77. The number of aryl methyl sites for hydroxylation is 2. The van der Waals surface area contributed by atoms with E-state index in [1.54, 1.807) is 11.3 Å². The lowest BCUT2D eigenvalue weighted by molar-refractivity contribution is 0.159. The fourth-order valence-electron chi connectivity index (χ4n) is 2.37. The highest BCUT2D eigenvalue weighted by atomic mass is 32.1. The molecule has 18 heavy (non-hydrogen) atoms. The molecule has 3 heteroatoms. The maximum Gasteiger partial charge on any atom is 0.0974 e. The van der Waals surface area contributed by atoms with Crippen LogP contribution in [0.4, 0.5) is 0 Å². The molecule has 1 aromatic heterocycles. The molecule has 0 fully saturated rings. The molecule has 94 valence electrons. The number of hydrogen-bond donors (Lipinski definition) is 1. The smallest absolute Gasteiger partial charge is 0.0974 e. The third kappa shape index (κ3) is 2.47. The predicted molar refractivity (Wildman–Crippen MR) is 74.1 cm³/mol. The van der Waals surface area contributed by atoms with Crippen molar-refractivity contribution in [1.82, 2.24) is 4.98 Å². The standard InChI is InChI=1S/C15H17NOS/c1-10-2-4-11(5-3-10)8-15-16-13-7-6-12(17)9-14(13)18-15/h2-5,12,17H,6-9H2,1H3. The van der Waals surface area contributed by atoms with E-state index in [0.29, 0.717) is 0 Å². The summed E-state index contributed by atoms with van der Waals surface area (Å²) in [6.07, 6.45) is 3.33. The minimum absolute atomic E-state index is 0.162. The molecule has 3 rings (SSSR count). The van der Waals surface area contributed by atoms with Crippen LogP contribution < -0.4 is 0 Å². The maximum atomic E-state index is 9.66. The molecule has 1 atom stereocenters. The Morgan fingerprint density at radius 2 is 2.11 bits per heavy atom. The lowest BCUT2D eigenvalue weighted by Gasteiger charge is -2.14. The van der Waals surface area contributed by atoms with Crippen LogP contribution in [0.5, 0.6) is 0 Å². The van der Waals surface area contributed by atoms with Gasteiger partial charge in [0.15, 0.2) is 0 Å². The highest BCUT2D eigenvalue weighted by molar-refractivity contribution is 7.11. The molecule has 2 aromatic rings. The Kier molecular flexibility index (Phi) is 3.18. The molecule has 0 saturated carbocycles. The van der Waals surface area contributed by atoms with Crippen molar-refractivity contribution in [2.24, 2.45) is 0 Å². The largest absolute Gasteiger partial charge is 0.393 e. The van der Waals surface area contributed by atoms with E-state index in [1.807, 2.05) is 0 Å². The molecule has 1 heterocycles. The molecule has 1 aliphatic carbocycles. The molecule has 0 radical (unpaired) electrons. The molecule has 0 aliphatic heterocycles. The van der Waals surface area contributed by atoms with Crippen LogP contribution in [0.3, 0.4) is 0 Å². The number of nitrogens with zero attached hydrogens (tertiary/aromatic N) is 1. The van der Waals surface area contributed by atoms with Crippen molar-refractivity contribution in [3.05, 3.63) is 51.0 Å². The summed E-state index contributed by atoms with van der Waals surface area (Å²) in [6, 6.07) is 8.63. The Balaban J connectivity index is 1.79. The maximum absolute atomic E-state index is 9.66. The summed E-state index contributed by atoms with van der Waals surface area (Å²) in [4.78, 5) is 6.00. The van der Waals surface area contributed by atoms with Crippen molar-refractivity contribution >= 4 is 11.3 Å². The SMILES string of the molecule is Cc1ccc(Cc2nc3c(s2)CC(O)CC3)cc1. The normalized spacial score (nSPS) is 18.7. The van der Waals surface area contributed by atoms with Gasteiger partial charge in [-0.1, -0.05) is 29.8 Å². The van der Waals surface area contributed by atoms with Gasteiger partial charge in [-0.25, -0.2) is 4.98 Å². The number of aliphatic hydroxyl groups excluding tert-OH is 1. The fraction of sp³-hybridized carbons (Fsp3) is 0.400. The zero-order valence-corrected chi connectivity index (χ0v) is 11.3. The Labute approximate surface area is 111 Å². The second-order valence-corrected chi connectivity index (χ2v) is 6.20. The molecular formula is C15H17NOS. The second-order valence-electron chi connectivity index (χ2n) is 5.04. The van der Waals surface area contributed by atoms with Gasteiger partial charge in [-0.15, -0.1) is 11.3 Å². The molecule has 0 bridgehead atoms. The minimum atomic E-state index is -0.162. The molecule has 1 N–H and O–H groups in total. The van der Waals surface area contributed by atoms with Crippen molar-refractivity contribution in [2.75, 3.05) is 0 Å². The average Bonchev–Trinajstić information content (AvgIpc) is 2.73. The quantitative estimate of drug-likeness (QED) is 0.899. The molecule has 0 spiro atoms. The van der Waals surface area contributed by atoms with E-state index in [4.69, 9.17) is 4.98 Å². The summed E-state index contributed by atoms with van der Waals surface area (Å²) in [7, 11) is 0. The highest BCUT2D eigenvalue weighted by Gasteiger charge is 2.20. The number of rotatable bonds is 2. The number of thiazole rings is 1. The highest BCUT2D eigenvalue weighted by Crippen LogP contribution is 2.28. The van der Waals surface area contributed by atoms with Gasteiger partial charge in [0.25, 0.3) is 0 Å². The Morgan fingerprint density at radius 3 is 2.89 bits per heavy atom. The van der Waals surface area contributed by atoms with Crippen molar-refractivity contribution < 1.29 is 5.11 Å². The van der Waals surface area contributed by atoms with E-state index in [-0.39, 0.29) is 6.10 Å². The van der Waals surface area contributed by atoms with Gasteiger partial charge in [-0.3, -0.25) is 0 Å². The first-order valence-electron chi connectivity index (χ1n) is 6.42. The third-order valence-corrected chi connectivity index (χ3v) is 4.55. The van der Waals surface area contributed by atoms with E-state index in [0.717, 1.165) is 25.7 Å². The number of fused-ring (bicyclic) bond motifs is 1. The van der Waals surface area contributed by atoms with E-state index in [9.17, 15) is 5.11 Å². The van der Waals surface area contributed by atoms with Crippen LogP contribution in [0.25, 0.3) is 0 Å². The molecule has 0 amide bonds. The van der Waals surface area contributed by atoms with Crippen LogP contribution in [-0.2, 0) is 19.3 Å². The summed E-state index contributed by atoms with van der Waals surface area (Å²) < 4.78 is 0. The monoisotopic (exact) mass is 259 g/mol. The number of hydrogen-bond acceptors (Lipinski definition) is 3. The number of aromatic nitrogens is 1. The van der Waals surface area contributed by atoms with Gasteiger partial charge in [0.05, 0.1) is 16.8 Å². The Hall–Kier alpha value is -1.19. The first kappa shape index (κ1) is 11.9. The van der Waals surface area contributed by atoms with Crippen LogP contribution in [0.1, 0.15) is 33.1 Å². The molecule has 1 aromatic carbocycles. The van der Waals surface area contributed by atoms with Crippen LogP contribution in [0.15, 0.2) is 24.3 Å². The first-order valence-corrected chi connectivity index (χ1v) is 7.23. The zero-order valence-electron chi connectivity index (χ0n) is 10.5. The van der Waals surface area contributed by atoms with E-state index in [1.165, 1.54) is 26.7 Å².